The number of nitrogen functional groups attached to an aromatic ring is 1. The molecule has 0 aliphatic carbocycles. The number of nitrogens with zero attached hydrogens (tertiary/aromatic N) is 4. The van der Waals surface area contributed by atoms with Crippen LogP contribution < -0.4 is 30.6 Å². The molecule has 11 rings (SSSR count). The molecule has 6 fully saturated rings. The molecule has 12 atom stereocenters. The number of aliphatic hydroxyl groups is 3. The zero-order chi connectivity index (χ0) is 47.5. The Labute approximate surface area is 413 Å². The third-order valence-electron chi connectivity index (χ3n) is 11.4. The second-order valence-electron chi connectivity index (χ2n) is 16.1. The Kier molecular flexibility index (Phi) is 15.6. The van der Waals surface area contributed by atoms with Crippen molar-refractivity contribution in [1.82, 2.24) is 19.9 Å². The van der Waals surface area contributed by atoms with Crippen LogP contribution in [0.5, 0.6) is 17.2 Å². The van der Waals surface area contributed by atoms with Crippen LogP contribution in [0.4, 0.5) is 28.8 Å². The summed E-state index contributed by atoms with van der Waals surface area (Å²) in [6.45, 7) is 1.75. The highest BCUT2D eigenvalue weighted by molar-refractivity contribution is 6.33. The van der Waals surface area contributed by atoms with Gasteiger partial charge in [0.25, 0.3) is 0 Å². The molecule has 6 saturated heterocycles. The van der Waals surface area contributed by atoms with Gasteiger partial charge in [0, 0.05) is 29.5 Å². The Morgan fingerprint density at radius 3 is 1.38 bits per heavy atom. The topological polar surface area (TPSA) is 245 Å². The van der Waals surface area contributed by atoms with Crippen molar-refractivity contribution in [3.63, 3.8) is 0 Å². The average Bonchev–Trinajstić information content (AvgIpc) is 4.18. The summed E-state index contributed by atoms with van der Waals surface area (Å²) in [6, 6.07) is 18.9. The Balaban J connectivity index is 0.000000181. The molecule has 0 spiro atoms. The second kappa shape index (κ2) is 21.8. The maximum atomic E-state index is 9.94. The molecular weight excluding hydrogens is 996 g/mol. The normalized spacial score (nSPS) is 29.7. The number of benzene rings is 3. The minimum absolute atomic E-state index is 0.178. The van der Waals surface area contributed by atoms with Gasteiger partial charge in [0.05, 0.1) is 54.7 Å². The van der Waals surface area contributed by atoms with Crippen molar-refractivity contribution < 1.29 is 58.0 Å². The number of hydrogen-bond donors (Lipinski definition) is 6. The van der Waals surface area contributed by atoms with Crippen LogP contribution in [0.15, 0.2) is 79.1 Å². The molecule has 0 bridgehead atoms. The molecular formula is C44H44Cl5N7O12. The summed E-state index contributed by atoms with van der Waals surface area (Å²) in [6.07, 6.45) is -1.69. The van der Waals surface area contributed by atoms with E-state index in [-0.39, 0.29) is 80.0 Å². The molecule has 362 valence electrons. The first-order valence-corrected chi connectivity index (χ1v) is 23.1. The van der Waals surface area contributed by atoms with Crippen molar-refractivity contribution in [1.29, 1.82) is 0 Å². The smallest absolute Gasteiger partial charge is 0.229 e. The molecule has 0 saturated carbocycles. The van der Waals surface area contributed by atoms with Crippen LogP contribution in [0.3, 0.4) is 0 Å². The Morgan fingerprint density at radius 2 is 0.941 bits per heavy atom. The first kappa shape index (κ1) is 48.7. The third-order valence-corrected chi connectivity index (χ3v) is 12.7. The van der Waals surface area contributed by atoms with Gasteiger partial charge in [0.1, 0.15) is 83.2 Å². The predicted octanol–water partition coefficient (Wildman–Crippen LogP) is 5.69. The van der Waals surface area contributed by atoms with E-state index in [2.05, 4.69) is 30.6 Å². The van der Waals surface area contributed by atoms with Gasteiger partial charge in [-0.1, -0.05) is 46.4 Å². The Bertz CT molecular complexity index is 2430. The number of hydrogen-bond acceptors (Lipinski definition) is 19. The minimum Gasteiger partial charge on any atom is -0.484 e. The van der Waals surface area contributed by atoms with E-state index < -0.39 is 18.3 Å². The van der Waals surface area contributed by atoms with E-state index in [0.29, 0.717) is 86.1 Å². The molecule has 2 aromatic heterocycles. The number of aliphatic hydroxyl groups excluding tert-OH is 3. The monoisotopic (exact) mass is 1040 g/mol. The summed E-state index contributed by atoms with van der Waals surface area (Å²) >= 11 is 29.8. The highest BCUT2D eigenvalue weighted by Gasteiger charge is 2.50. The van der Waals surface area contributed by atoms with Crippen LogP contribution in [0, 0.1) is 0 Å². The average molecular weight is 1040 g/mol. The van der Waals surface area contributed by atoms with E-state index in [9.17, 15) is 15.3 Å². The zero-order valence-corrected chi connectivity index (χ0v) is 39.2. The summed E-state index contributed by atoms with van der Waals surface area (Å²) < 4.78 is 51.3. The number of anilines is 5. The fraction of sp³-hybridized carbons (Fsp3) is 0.409. The number of nitrogens with two attached hydrogens (primary N) is 1. The lowest BCUT2D eigenvalue weighted by Gasteiger charge is -2.19. The zero-order valence-electron chi connectivity index (χ0n) is 35.4. The van der Waals surface area contributed by atoms with Gasteiger partial charge in [0.2, 0.25) is 11.2 Å². The van der Waals surface area contributed by atoms with Gasteiger partial charge in [-0.15, -0.1) is 0 Å². The second-order valence-corrected chi connectivity index (χ2v) is 18.0. The van der Waals surface area contributed by atoms with Crippen LogP contribution in [-0.4, -0.2) is 148 Å². The van der Waals surface area contributed by atoms with E-state index in [1.165, 1.54) is 6.20 Å². The summed E-state index contributed by atoms with van der Waals surface area (Å²) in [5.41, 5.74) is 7.57. The predicted molar refractivity (Wildman–Crippen MR) is 249 cm³/mol. The molecule has 7 N–H and O–H groups in total. The first-order chi connectivity index (χ1) is 32.8. The van der Waals surface area contributed by atoms with E-state index in [1.54, 1.807) is 66.9 Å². The molecule has 3 aromatic carbocycles. The van der Waals surface area contributed by atoms with Crippen molar-refractivity contribution in [2.45, 2.75) is 73.2 Å². The van der Waals surface area contributed by atoms with Gasteiger partial charge in [-0.3, -0.25) is 0 Å². The number of aromatic nitrogens is 4. The van der Waals surface area contributed by atoms with Gasteiger partial charge in [-0.25, -0.2) is 15.0 Å². The largest absolute Gasteiger partial charge is 0.484 e. The fourth-order valence-corrected chi connectivity index (χ4v) is 9.18. The van der Waals surface area contributed by atoms with Crippen LogP contribution in [0.2, 0.25) is 25.5 Å². The van der Waals surface area contributed by atoms with Crippen LogP contribution >= 0.6 is 58.0 Å². The maximum absolute atomic E-state index is 9.94. The summed E-state index contributed by atoms with van der Waals surface area (Å²) in [7, 11) is 0. The van der Waals surface area contributed by atoms with Crippen LogP contribution in [-0.2, 0) is 28.4 Å². The van der Waals surface area contributed by atoms with Crippen molar-refractivity contribution in [3.05, 3.63) is 105 Å². The quantitative estimate of drug-likeness (QED) is 0.0559. The van der Waals surface area contributed by atoms with Gasteiger partial charge in [-0.2, -0.15) is 4.98 Å². The van der Waals surface area contributed by atoms with E-state index in [1.807, 2.05) is 6.07 Å². The molecule has 68 heavy (non-hydrogen) atoms. The lowest BCUT2D eigenvalue weighted by atomic mass is 10.1. The lowest BCUT2D eigenvalue weighted by molar-refractivity contribution is 0.00863. The van der Waals surface area contributed by atoms with Gasteiger partial charge in [-0.05, 0) is 78.3 Å². The first-order valence-electron chi connectivity index (χ1n) is 21.2. The molecule has 8 heterocycles. The molecule has 6 aliphatic heterocycles. The van der Waals surface area contributed by atoms with Crippen molar-refractivity contribution in [2.75, 3.05) is 56.0 Å². The Morgan fingerprint density at radius 1 is 0.500 bits per heavy atom. The fourth-order valence-electron chi connectivity index (χ4n) is 8.17. The van der Waals surface area contributed by atoms with Gasteiger partial charge in [0.15, 0.2) is 18.3 Å². The summed E-state index contributed by atoms with van der Waals surface area (Å²) in [4.78, 5) is 16.0. The molecule has 6 aliphatic rings. The van der Waals surface area contributed by atoms with Crippen LogP contribution in [0.25, 0.3) is 0 Å². The summed E-state index contributed by atoms with van der Waals surface area (Å²) in [5, 5.41) is 37.7. The van der Waals surface area contributed by atoms with Crippen molar-refractivity contribution >= 4 is 86.8 Å². The standard InChI is InChI=1S/C28H28Cl2N4O8.C12H14ClNO4.C4H2Cl2N2/c29-15-7-13(1-3-19(15)41-21-11-39-24-17(35)9-37-26(21)24)32-23-5-6-31-28(34-23)33-14-2-4-20(16(30)8-14)42-22-12-40-25-18(36)10-38-27(22)25;13-7-3-6(14)1-2-9(7)18-10-5-17-11-8(15)4-16-12(10)11;5-3-1-2-7-4(6)8-3/h1-8,17-18,21-22,24-27,35-36H,9-12H2,(H2,31,32,33,34);1-3,8,10-12,15H,4-5,14H2;1-2H/t17-,18-,21?,22?,24+,25+,26+,27+;8-,10?,11+,12+;/m00./s1. The van der Waals surface area contributed by atoms with Crippen LogP contribution in [0.1, 0.15) is 0 Å². The molecule has 3 unspecified atom stereocenters. The lowest BCUT2D eigenvalue weighted by Crippen LogP contribution is -2.34. The highest BCUT2D eigenvalue weighted by atomic mass is 35.5. The molecule has 5 aromatic rings. The number of ether oxygens (including phenoxy) is 9. The van der Waals surface area contributed by atoms with E-state index in [0.717, 1.165) is 0 Å². The van der Waals surface area contributed by atoms with Crippen molar-refractivity contribution in [2.24, 2.45) is 0 Å². The Hall–Kier alpha value is -4.29. The number of halogens is 5. The number of fused-ring (bicyclic) bond motifs is 3. The van der Waals surface area contributed by atoms with Crippen molar-refractivity contribution in [3.8, 4) is 17.2 Å². The minimum atomic E-state index is -0.648. The SMILES string of the molecule is Clc1ccnc(Cl)n1.Nc1ccc(OC2CO[C@H]3[C@@H]2OC[C@@H]3O)c(Cl)c1.O[C@H]1CO[C@@H]2C(Oc3ccc(Nc4ccnc(Nc5ccc(OC6CO[C@H]7[C@@H]6OC[C@@H]7O)c(Cl)c5)n4)cc3Cl)CO[C@@H]21. The van der Waals surface area contributed by atoms with Gasteiger partial charge >= 0.3 is 0 Å². The highest BCUT2D eigenvalue weighted by Crippen LogP contribution is 2.37. The third kappa shape index (κ3) is 11.5. The molecule has 24 heteroatoms. The maximum Gasteiger partial charge on any atom is 0.229 e. The molecule has 19 nitrogen and oxygen atoms in total. The number of rotatable bonds is 10. The van der Waals surface area contributed by atoms with E-state index >= 15 is 0 Å². The number of nitrogens with one attached hydrogen (secondary N) is 2. The molecule has 0 radical (unpaired) electrons. The van der Waals surface area contributed by atoms with E-state index in [4.69, 9.17) is 106 Å². The molecule has 0 amide bonds. The van der Waals surface area contributed by atoms with Gasteiger partial charge < -0.3 is 74.3 Å². The summed E-state index contributed by atoms with van der Waals surface area (Å²) in [5.74, 6) is 2.41.